The summed E-state index contributed by atoms with van der Waals surface area (Å²) < 4.78 is 0. The van der Waals surface area contributed by atoms with Gasteiger partial charge in [0.1, 0.15) is 0 Å². The number of nitrogens with one attached hydrogen (secondary N) is 1. The molecule has 0 radical (unpaired) electrons. The van der Waals surface area contributed by atoms with Crippen molar-refractivity contribution in [2.24, 2.45) is 5.73 Å². The molecular formula is C9H11N3S. The first kappa shape index (κ1) is 8.59. The summed E-state index contributed by atoms with van der Waals surface area (Å²) in [6.07, 6.45) is 1.68. The number of aromatic amines is 1. The summed E-state index contributed by atoms with van der Waals surface area (Å²) in [5, 5.41) is 0. The molecule has 3 nitrogen and oxygen atoms in total. The summed E-state index contributed by atoms with van der Waals surface area (Å²) >= 11 is 4.16. The molecule has 1 aromatic heterocycles. The first-order valence-corrected chi connectivity index (χ1v) is 4.74. The molecule has 68 valence electrons. The van der Waals surface area contributed by atoms with Gasteiger partial charge in [-0.2, -0.15) is 12.6 Å². The lowest BCUT2D eigenvalue weighted by Crippen LogP contribution is -2.11. The predicted molar refractivity (Wildman–Crippen MR) is 56.9 cm³/mol. The third-order valence-corrected chi connectivity index (χ3v) is 2.46. The van der Waals surface area contributed by atoms with Gasteiger partial charge in [-0.1, -0.05) is 6.07 Å². The van der Waals surface area contributed by atoms with Gasteiger partial charge in [-0.25, -0.2) is 4.98 Å². The fourth-order valence-electron chi connectivity index (χ4n) is 1.29. The molecule has 0 amide bonds. The summed E-state index contributed by atoms with van der Waals surface area (Å²) in [7, 11) is 0. The van der Waals surface area contributed by atoms with Crippen LogP contribution in [0.5, 0.6) is 0 Å². The van der Waals surface area contributed by atoms with E-state index in [4.69, 9.17) is 5.73 Å². The quantitative estimate of drug-likeness (QED) is 0.633. The Balaban J connectivity index is 2.48. The average molecular weight is 193 g/mol. The van der Waals surface area contributed by atoms with E-state index in [9.17, 15) is 0 Å². The lowest BCUT2D eigenvalue weighted by Gasteiger charge is -2.07. The second-order valence-corrected chi connectivity index (χ2v) is 3.33. The third kappa shape index (κ3) is 1.55. The number of hydrogen-bond acceptors (Lipinski definition) is 3. The molecule has 0 saturated heterocycles. The zero-order valence-corrected chi connectivity index (χ0v) is 7.96. The summed E-state index contributed by atoms with van der Waals surface area (Å²) in [5.74, 6) is 0.652. The minimum atomic E-state index is -0.00367. The number of imidazole rings is 1. The van der Waals surface area contributed by atoms with E-state index in [-0.39, 0.29) is 6.04 Å². The average Bonchev–Trinajstić information content (AvgIpc) is 2.63. The van der Waals surface area contributed by atoms with E-state index in [1.54, 1.807) is 6.33 Å². The van der Waals surface area contributed by atoms with Crippen molar-refractivity contribution in [3.63, 3.8) is 0 Å². The zero-order chi connectivity index (χ0) is 9.26. The van der Waals surface area contributed by atoms with E-state index in [1.807, 2.05) is 18.2 Å². The van der Waals surface area contributed by atoms with Crippen molar-refractivity contribution >= 4 is 23.7 Å². The van der Waals surface area contributed by atoms with Crippen LogP contribution < -0.4 is 5.73 Å². The normalized spacial score (nSPS) is 13.4. The van der Waals surface area contributed by atoms with E-state index in [2.05, 4.69) is 22.6 Å². The number of fused-ring (bicyclic) bond motifs is 1. The van der Waals surface area contributed by atoms with Gasteiger partial charge >= 0.3 is 0 Å². The fraction of sp³-hybridized carbons (Fsp3) is 0.222. The highest BCUT2D eigenvalue weighted by Crippen LogP contribution is 2.16. The van der Waals surface area contributed by atoms with Crippen LogP contribution in [0.4, 0.5) is 0 Å². The molecule has 0 aliphatic rings. The van der Waals surface area contributed by atoms with Crippen LogP contribution in [0.1, 0.15) is 11.6 Å². The number of aromatic nitrogens is 2. The molecule has 4 heteroatoms. The van der Waals surface area contributed by atoms with Crippen molar-refractivity contribution in [3.05, 3.63) is 30.1 Å². The molecule has 1 unspecified atom stereocenters. The molecule has 3 N–H and O–H groups in total. The second-order valence-electron chi connectivity index (χ2n) is 2.97. The molecule has 1 atom stereocenters. The summed E-state index contributed by atoms with van der Waals surface area (Å²) in [5.41, 5.74) is 8.92. The highest BCUT2D eigenvalue weighted by Gasteiger charge is 2.04. The van der Waals surface area contributed by atoms with Crippen LogP contribution in [0.25, 0.3) is 11.0 Å². The molecule has 2 rings (SSSR count). The second kappa shape index (κ2) is 3.40. The van der Waals surface area contributed by atoms with Crippen molar-refractivity contribution < 1.29 is 0 Å². The molecule has 0 aliphatic carbocycles. The molecule has 1 aromatic carbocycles. The van der Waals surface area contributed by atoms with Crippen molar-refractivity contribution in [2.45, 2.75) is 6.04 Å². The Morgan fingerprint density at radius 3 is 3.15 bits per heavy atom. The van der Waals surface area contributed by atoms with E-state index in [0.29, 0.717) is 5.75 Å². The minimum absolute atomic E-state index is 0.00367. The lowest BCUT2D eigenvalue weighted by molar-refractivity contribution is 0.836. The SMILES string of the molecule is NC(CS)c1ccc2nc[nH]c2c1. The Hall–Kier alpha value is -1.00. The van der Waals surface area contributed by atoms with Crippen LogP contribution in [0.2, 0.25) is 0 Å². The molecule has 0 aliphatic heterocycles. The molecule has 0 fully saturated rings. The van der Waals surface area contributed by atoms with Crippen molar-refractivity contribution in [3.8, 4) is 0 Å². The summed E-state index contributed by atoms with van der Waals surface area (Å²) in [6.45, 7) is 0. The van der Waals surface area contributed by atoms with Gasteiger partial charge < -0.3 is 10.7 Å². The topological polar surface area (TPSA) is 54.7 Å². The van der Waals surface area contributed by atoms with E-state index in [1.165, 1.54) is 0 Å². The molecular weight excluding hydrogens is 182 g/mol. The minimum Gasteiger partial charge on any atom is -0.345 e. The fourth-order valence-corrected chi connectivity index (χ4v) is 1.50. The smallest absolute Gasteiger partial charge is 0.0931 e. The number of benzene rings is 1. The van der Waals surface area contributed by atoms with E-state index >= 15 is 0 Å². The van der Waals surface area contributed by atoms with Crippen molar-refractivity contribution in [2.75, 3.05) is 5.75 Å². The summed E-state index contributed by atoms with van der Waals surface area (Å²) in [4.78, 5) is 7.18. The van der Waals surface area contributed by atoms with Crippen LogP contribution in [0.3, 0.4) is 0 Å². The predicted octanol–water partition coefficient (Wildman–Crippen LogP) is 1.49. The Morgan fingerprint density at radius 2 is 2.38 bits per heavy atom. The van der Waals surface area contributed by atoms with Gasteiger partial charge in [-0.05, 0) is 17.7 Å². The highest BCUT2D eigenvalue weighted by atomic mass is 32.1. The number of hydrogen-bond donors (Lipinski definition) is 3. The van der Waals surface area contributed by atoms with Crippen LogP contribution in [-0.2, 0) is 0 Å². The van der Waals surface area contributed by atoms with Crippen LogP contribution >= 0.6 is 12.6 Å². The summed E-state index contributed by atoms with van der Waals surface area (Å²) in [6, 6.07) is 5.97. The number of nitrogens with zero attached hydrogens (tertiary/aromatic N) is 1. The lowest BCUT2D eigenvalue weighted by atomic mass is 10.1. The third-order valence-electron chi connectivity index (χ3n) is 2.07. The molecule has 2 aromatic rings. The molecule has 13 heavy (non-hydrogen) atoms. The number of nitrogens with two attached hydrogens (primary N) is 1. The molecule has 0 bridgehead atoms. The standard InChI is InChI=1S/C9H11N3S/c10-7(4-13)6-1-2-8-9(3-6)12-5-11-8/h1-3,5,7,13H,4,10H2,(H,11,12). The van der Waals surface area contributed by atoms with Gasteiger partial charge in [0.15, 0.2) is 0 Å². The van der Waals surface area contributed by atoms with Gasteiger partial charge in [0.05, 0.1) is 17.4 Å². The Bertz CT molecular complexity index is 410. The van der Waals surface area contributed by atoms with Crippen LogP contribution in [0.15, 0.2) is 24.5 Å². The maximum atomic E-state index is 5.84. The van der Waals surface area contributed by atoms with E-state index in [0.717, 1.165) is 16.6 Å². The monoisotopic (exact) mass is 193 g/mol. The molecule has 0 spiro atoms. The van der Waals surface area contributed by atoms with Gasteiger partial charge in [0, 0.05) is 11.8 Å². The zero-order valence-electron chi connectivity index (χ0n) is 7.07. The van der Waals surface area contributed by atoms with E-state index < -0.39 is 0 Å². The number of rotatable bonds is 2. The molecule has 0 saturated carbocycles. The first-order chi connectivity index (χ1) is 6.31. The largest absolute Gasteiger partial charge is 0.345 e. The van der Waals surface area contributed by atoms with Gasteiger partial charge in [0.2, 0.25) is 0 Å². The maximum absolute atomic E-state index is 5.84. The van der Waals surface area contributed by atoms with Gasteiger partial charge in [0.25, 0.3) is 0 Å². The van der Waals surface area contributed by atoms with Crippen molar-refractivity contribution in [1.82, 2.24) is 9.97 Å². The highest BCUT2D eigenvalue weighted by molar-refractivity contribution is 7.80. The van der Waals surface area contributed by atoms with Crippen molar-refractivity contribution in [1.29, 1.82) is 0 Å². The van der Waals surface area contributed by atoms with Crippen LogP contribution in [0, 0.1) is 0 Å². The van der Waals surface area contributed by atoms with Gasteiger partial charge in [-0.15, -0.1) is 0 Å². The number of thiol groups is 1. The molecule has 1 heterocycles. The Morgan fingerprint density at radius 1 is 1.54 bits per heavy atom. The first-order valence-electron chi connectivity index (χ1n) is 4.10. The van der Waals surface area contributed by atoms with Gasteiger partial charge in [-0.3, -0.25) is 0 Å². The van der Waals surface area contributed by atoms with Crippen LogP contribution in [-0.4, -0.2) is 15.7 Å². The Kier molecular flexibility index (Phi) is 2.24. The Labute approximate surface area is 81.8 Å². The maximum Gasteiger partial charge on any atom is 0.0931 e. The number of H-pyrrole nitrogens is 1.